The number of likely N-dealkylation sites (tertiary alicyclic amines) is 1. The lowest BCUT2D eigenvalue weighted by molar-refractivity contribution is -0.138. The maximum Gasteiger partial charge on any atom is 0.317 e. The first-order chi connectivity index (χ1) is 10.5. The van der Waals surface area contributed by atoms with E-state index in [2.05, 4.69) is 15.9 Å². The third kappa shape index (κ3) is 4.55. The van der Waals surface area contributed by atoms with E-state index >= 15 is 0 Å². The largest absolute Gasteiger partial charge is 0.480 e. The number of halogens is 1. The van der Waals surface area contributed by atoms with Gasteiger partial charge in [-0.05, 0) is 44.5 Å². The van der Waals surface area contributed by atoms with Crippen LogP contribution in [0.5, 0.6) is 0 Å². The van der Waals surface area contributed by atoms with E-state index in [1.165, 1.54) is 0 Å². The van der Waals surface area contributed by atoms with Crippen LogP contribution in [-0.4, -0.2) is 59.5 Å². The second-order valence-corrected chi connectivity index (χ2v) is 6.61. The molecule has 1 aliphatic rings. The zero-order valence-electron chi connectivity index (χ0n) is 12.7. The summed E-state index contributed by atoms with van der Waals surface area (Å²) in [6.07, 6.45) is 2.63. The van der Waals surface area contributed by atoms with Crippen molar-refractivity contribution in [1.82, 2.24) is 9.80 Å². The van der Waals surface area contributed by atoms with E-state index in [0.717, 1.165) is 30.3 Å². The molecule has 0 radical (unpaired) electrons. The van der Waals surface area contributed by atoms with Crippen LogP contribution in [0.3, 0.4) is 0 Å². The molecule has 1 atom stereocenters. The van der Waals surface area contributed by atoms with E-state index in [9.17, 15) is 9.59 Å². The number of carbonyl (C=O) groups is 2. The minimum Gasteiger partial charge on any atom is -0.480 e. The number of amides is 1. The average Bonchev–Trinajstić information content (AvgIpc) is 2.71. The molecule has 1 saturated heterocycles. The number of nitrogens with zero attached hydrogens (tertiary/aromatic N) is 2. The van der Waals surface area contributed by atoms with Gasteiger partial charge in [-0.15, -0.1) is 0 Å². The Morgan fingerprint density at radius 2 is 2.14 bits per heavy atom. The van der Waals surface area contributed by atoms with Gasteiger partial charge in [0.1, 0.15) is 0 Å². The van der Waals surface area contributed by atoms with Crippen molar-refractivity contribution >= 4 is 27.8 Å². The van der Waals surface area contributed by atoms with E-state index in [1.807, 2.05) is 41.1 Å². The molecule has 1 aliphatic heterocycles. The van der Waals surface area contributed by atoms with Gasteiger partial charge in [0.2, 0.25) is 0 Å². The van der Waals surface area contributed by atoms with Crippen LogP contribution in [0.15, 0.2) is 28.7 Å². The van der Waals surface area contributed by atoms with Gasteiger partial charge in [0.05, 0.1) is 6.54 Å². The van der Waals surface area contributed by atoms with Crippen molar-refractivity contribution in [2.45, 2.75) is 25.3 Å². The molecule has 1 aromatic carbocycles. The topological polar surface area (TPSA) is 60.9 Å². The van der Waals surface area contributed by atoms with Gasteiger partial charge in [-0.3, -0.25) is 14.5 Å². The molecule has 0 spiro atoms. The van der Waals surface area contributed by atoms with Crippen molar-refractivity contribution in [1.29, 1.82) is 0 Å². The molecule has 0 bridgehead atoms. The Balaban J connectivity index is 1.98. The van der Waals surface area contributed by atoms with Crippen molar-refractivity contribution in [3.05, 3.63) is 34.3 Å². The first-order valence-corrected chi connectivity index (χ1v) is 8.23. The van der Waals surface area contributed by atoms with Gasteiger partial charge in [-0.1, -0.05) is 22.0 Å². The molecule has 1 unspecified atom stereocenters. The minimum atomic E-state index is -0.811. The number of aliphatic carboxylic acids is 1. The summed E-state index contributed by atoms with van der Waals surface area (Å²) in [7, 11) is 1.84. The number of likely N-dealkylation sites (N-methyl/N-ethyl adjacent to an activating group) is 1. The van der Waals surface area contributed by atoms with Gasteiger partial charge < -0.3 is 10.0 Å². The quantitative estimate of drug-likeness (QED) is 0.886. The highest BCUT2D eigenvalue weighted by Crippen LogP contribution is 2.19. The van der Waals surface area contributed by atoms with Gasteiger partial charge in [-0.25, -0.2) is 0 Å². The first-order valence-electron chi connectivity index (χ1n) is 7.44. The minimum absolute atomic E-state index is 0.0443. The molecule has 1 N–H and O–H groups in total. The summed E-state index contributed by atoms with van der Waals surface area (Å²) in [5.74, 6) is -0.767. The third-order valence-electron chi connectivity index (χ3n) is 4.06. The number of rotatable bonds is 4. The number of hydrogen-bond acceptors (Lipinski definition) is 3. The Morgan fingerprint density at radius 3 is 2.82 bits per heavy atom. The first kappa shape index (κ1) is 17.0. The van der Waals surface area contributed by atoms with Crippen molar-refractivity contribution in [2.75, 3.05) is 26.7 Å². The van der Waals surface area contributed by atoms with Gasteiger partial charge in [-0.2, -0.15) is 0 Å². The molecule has 5 nitrogen and oxygen atoms in total. The van der Waals surface area contributed by atoms with Crippen LogP contribution in [0.25, 0.3) is 0 Å². The SMILES string of the molecule is CN(CC(=O)O)C1CCCN(C(=O)c2cccc(Br)c2)CC1. The molecule has 1 heterocycles. The van der Waals surface area contributed by atoms with Crippen LogP contribution >= 0.6 is 15.9 Å². The fourth-order valence-corrected chi connectivity index (χ4v) is 3.27. The monoisotopic (exact) mass is 368 g/mol. The number of carboxylic acids is 1. The van der Waals surface area contributed by atoms with E-state index in [0.29, 0.717) is 12.1 Å². The normalized spacial score (nSPS) is 19.0. The Bertz CT molecular complexity index is 550. The number of carboxylic acid groups (broad SMARTS) is 1. The van der Waals surface area contributed by atoms with Crippen LogP contribution in [0.2, 0.25) is 0 Å². The molecular formula is C16H21BrN2O3. The lowest BCUT2D eigenvalue weighted by atomic mass is 10.1. The lowest BCUT2D eigenvalue weighted by Crippen LogP contribution is -2.37. The lowest BCUT2D eigenvalue weighted by Gasteiger charge is -2.25. The summed E-state index contributed by atoms with van der Waals surface area (Å²) in [5.41, 5.74) is 0.687. The Hall–Kier alpha value is -1.40. The van der Waals surface area contributed by atoms with Gasteiger partial charge >= 0.3 is 5.97 Å². The van der Waals surface area contributed by atoms with E-state index < -0.39 is 5.97 Å². The highest BCUT2D eigenvalue weighted by atomic mass is 79.9. The number of benzene rings is 1. The van der Waals surface area contributed by atoms with E-state index in [4.69, 9.17) is 5.11 Å². The van der Waals surface area contributed by atoms with E-state index in [1.54, 1.807) is 0 Å². The molecule has 1 aromatic rings. The van der Waals surface area contributed by atoms with Crippen LogP contribution in [0.4, 0.5) is 0 Å². The summed E-state index contributed by atoms with van der Waals surface area (Å²) in [6, 6.07) is 7.64. The van der Waals surface area contributed by atoms with Gasteiger partial charge in [0.15, 0.2) is 0 Å². The second kappa shape index (κ2) is 7.74. The van der Waals surface area contributed by atoms with Crippen LogP contribution in [0, 0.1) is 0 Å². The highest BCUT2D eigenvalue weighted by Gasteiger charge is 2.24. The molecule has 1 fully saturated rings. The number of carbonyl (C=O) groups excluding carboxylic acids is 1. The van der Waals surface area contributed by atoms with Gasteiger partial charge in [0, 0.05) is 29.2 Å². The Kier molecular flexibility index (Phi) is 5.97. The molecule has 0 aliphatic carbocycles. The molecule has 0 aromatic heterocycles. The molecule has 0 saturated carbocycles. The second-order valence-electron chi connectivity index (χ2n) is 5.70. The maximum atomic E-state index is 12.6. The fraction of sp³-hybridized carbons (Fsp3) is 0.500. The maximum absolute atomic E-state index is 12.6. The van der Waals surface area contributed by atoms with Crippen LogP contribution in [0.1, 0.15) is 29.6 Å². The summed E-state index contributed by atoms with van der Waals surface area (Å²) in [4.78, 5) is 27.1. The van der Waals surface area contributed by atoms with Crippen molar-refractivity contribution in [2.24, 2.45) is 0 Å². The predicted molar refractivity (Wildman–Crippen MR) is 88.0 cm³/mol. The molecule has 2 rings (SSSR count). The standard InChI is InChI=1S/C16H21BrN2O3/c1-18(11-15(20)21)14-6-3-8-19(9-7-14)16(22)12-4-2-5-13(17)10-12/h2,4-5,10,14H,3,6-9,11H2,1H3,(H,20,21). The summed E-state index contributed by atoms with van der Waals surface area (Å²) < 4.78 is 0.896. The summed E-state index contributed by atoms with van der Waals surface area (Å²) in [5, 5.41) is 8.89. The van der Waals surface area contributed by atoms with Crippen LogP contribution < -0.4 is 0 Å². The highest BCUT2D eigenvalue weighted by molar-refractivity contribution is 9.10. The summed E-state index contributed by atoms with van der Waals surface area (Å²) >= 11 is 3.39. The van der Waals surface area contributed by atoms with Crippen molar-refractivity contribution in [3.8, 4) is 0 Å². The molecule has 6 heteroatoms. The molecular weight excluding hydrogens is 348 g/mol. The van der Waals surface area contributed by atoms with Gasteiger partial charge in [0.25, 0.3) is 5.91 Å². The van der Waals surface area contributed by atoms with Crippen LogP contribution in [-0.2, 0) is 4.79 Å². The third-order valence-corrected chi connectivity index (χ3v) is 4.56. The molecule has 22 heavy (non-hydrogen) atoms. The summed E-state index contributed by atoms with van der Waals surface area (Å²) in [6.45, 7) is 1.44. The smallest absolute Gasteiger partial charge is 0.317 e. The Morgan fingerprint density at radius 1 is 1.36 bits per heavy atom. The Labute approximate surface area is 139 Å². The number of hydrogen-bond donors (Lipinski definition) is 1. The fourth-order valence-electron chi connectivity index (χ4n) is 2.87. The average molecular weight is 369 g/mol. The predicted octanol–water partition coefficient (Wildman–Crippen LogP) is 2.46. The van der Waals surface area contributed by atoms with Crippen molar-refractivity contribution < 1.29 is 14.7 Å². The molecule has 120 valence electrons. The zero-order valence-corrected chi connectivity index (χ0v) is 14.3. The van der Waals surface area contributed by atoms with E-state index in [-0.39, 0.29) is 18.5 Å². The molecule has 1 amide bonds. The zero-order chi connectivity index (χ0) is 16.1. The van der Waals surface area contributed by atoms with Crippen molar-refractivity contribution in [3.63, 3.8) is 0 Å².